The zero-order valence-corrected chi connectivity index (χ0v) is 13.8. The third-order valence-corrected chi connectivity index (χ3v) is 3.40. The van der Waals surface area contributed by atoms with Gasteiger partial charge in [-0.2, -0.15) is 0 Å². The highest BCUT2D eigenvalue weighted by atomic mass is 35.5. The van der Waals surface area contributed by atoms with E-state index in [1.807, 2.05) is 0 Å². The Morgan fingerprint density at radius 2 is 1.96 bits per heavy atom. The molecule has 0 atom stereocenters. The van der Waals surface area contributed by atoms with Crippen molar-refractivity contribution in [3.05, 3.63) is 57.1 Å². The number of carbonyl (C=O) groups excluding carboxylic acids is 1. The largest absolute Gasteiger partial charge is 0.495 e. The Kier molecular flexibility index (Phi) is 5.59. The molecule has 0 heterocycles. The van der Waals surface area contributed by atoms with E-state index in [1.54, 1.807) is 25.1 Å². The van der Waals surface area contributed by atoms with E-state index in [4.69, 9.17) is 21.1 Å². The second kappa shape index (κ2) is 7.65. The molecular weight excluding hydrogens is 336 g/mol. The van der Waals surface area contributed by atoms with Gasteiger partial charge in [0.15, 0.2) is 6.61 Å². The Bertz CT molecular complexity index is 779. The van der Waals surface area contributed by atoms with E-state index in [0.29, 0.717) is 27.8 Å². The van der Waals surface area contributed by atoms with Gasteiger partial charge in [-0.3, -0.25) is 14.9 Å². The minimum atomic E-state index is -0.491. The first-order chi connectivity index (χ1) is 11.4. The maximum Gasteiger partial charge on any atom is 0.269 e. The fourth-order valence-corrected chi connectivity index (χ4v) is 2.19. The van der Waals surface area contributed by atoms with Crippen LogP contribution in [0.15, 0.2) is 36.4 Å². The van der Waals surface area contributed by atoms with Crippen molar-refractivity contribution < 1.29 is 19.2 Å². The van der Waals surface area contributed by atoms with Gasteiger partial charge < -0.3 is 14.8 Å². The number of hydrogen-bond donors (Lipinski definition) is 1. The number of amides is 1. The number of nitro groups is 1. The fraction of sp³-hybridized carbons (Fsp3) is 0.188. The number of methoxy groups -OCH3 is 1. The first-order valence-electron chi connectivity index (χ1n) is 6.92. The van der Waals surface area contributed by atoms with E-state index in [9.17, 15) is 14.9 Å². The topological polar surface area (TPSA) is 90.7 Å². The molecule has 0 saturated carbocycles. The van der Waals surface area contributed by atoms with Crippen molar-refractivity contribution >= 4 is 28.9 Å². The SMILES string of the molecule is COc1ccc(Cl)cc1NC(=O)COc1ccc([N+](=O)[O-])cc1C. The smallest absolute Gasteiger partial charge is 0.269 e. The second-order valence-electron chi connectivity index (χ2n) is 4.89. The second-order valence-corrected chi connectivity index (χ2v) is 5.32. The van der Waals surface area contributed by atoms with Crippen molar-refractivity contribution in [3.8, 4) is 11.5 Å². The van der Waals surface area contributed by atoms with E-state index in [-0.39, 0.29) is 12.3 Å². The van der Waals surface area contributed by atoms with Crippen molar-refractivity contribution in [1.29, 1.82) is 0 Å². The molecule has 1 N–H and O–H groups in total. The van der Waals surface area contributed by atoms with Crippen LogP contribution in [0.5, 0.6) is 11.5 Å². The summed E-state index contributed by atoms with van der Waals surface area (Å²) in [6.45, 7) is 1.41. The van der Waals surface area contributed by atoms with Crippen LogP contribution in [0.4, 0.5) is 11.4 Å². The number of nitro benzene ring substituents is 1. The summed E-state index contributed by atoms with van der Waals surface area (Å²) in [6, 6.07) is 9.01. The van der Waals surface area contributed by atoms with E-state index >= 15 is 0 Å². The lowest BCUT2D eigenvalue weighted by molar-refractivity contribution is -0.384. The fourth-order valence-electron chi connectivity index (χ4n) is 2.02. The lowest BCUT2D eigenvalue weighted by Gasteiger charge is -2.12. The predicted molar refractivity (Wildman–Crippen MR) is 90.0 cm³/mol. The summed E-state index contributed by atoms with van der Waals surface area (Å²) in [5.74, 6) is 0.460. The summed E-state index contributed by atoms with van der Waals surface area (Å²) in [7, 11) is 1.48. The van der Waals surface area contributed by atoms with Crippen LogP contribution >= 0.6 is 11.6 Å². The van der Waals surface area contributed by atoms with Gasteiger partial charge in [0.1, 0.15) is 11.5 Å². The summed E-state index contributed by atoms with van der Waals surface area (Å²) in [5.41, 5.74) is 0.962. The maximum absolute atomic E-state index is 12.0. The van der Waals surface area contributed by atoms with Crippen LogP contribution < -0.4 is 14.8 Å². The number of hydrogen-bond acceptors (Lipinski definition) is 5. The molecule has 0 unspecified atom stereocenters. The molecule has 2 rings (SSSR count). The molecule has 0 fully saturated rings. The molecular formula is C16H15ClN2O5. The highest BCUT2D eigenvalue weighted by Crippen LogP contribution is 2.28. The molecule has 2 aromatic rings. The molecule has 0 saturated heterocycles. The quantitative estimate of drug-likeness (QED) is 0.635. The van der Waals surface area contributed by atoms with Crippen LogP contribution in [0.3, 0.4) is 0 Å². The Morgan fingerprint density at radius 3 is 2.58 bits per heavy atom. The number of anilines is 1. The summed E-state index contributed by atoms with van der Waals surface area (Å²) >= 11 is 5.90. The minimum Gasteiger partial charge on any atom is -0.495 e. The number of ether oxygens (including phenoxy) is 2. The standard InChI is InChI=1S/C16H15ClN2O5/c1-10-7-12(19(21)22)4-6-14(10)24-9-16(20)18-13-8-11(17)3-5-15(13)23-2/h3-8H,9H2,1-2H3,(H,18,20). The average molecular weight is 351 g/mol. The van der Waals surface area contributed by atoms with Crippen molar-refractivity contribution in [2.24, 2.45) is 0 Å². The summed E-state index contributed by atoms with van der Waals surface area (Å²) in [5, 5.41) is 13.8. The van der Waals surface area contributed by atoms with Crippen LogP contribution in [-0.2, 0) is 4.79 Å². The number of non-ortho nitro benzene ring substituents is 1. The molecule has 8 heteroatoms. The first-order valence-corrected chi connectivity index (χ1v) is 7.29. The Balaban J connectivity index is 2.01. The molecule has 2 aromatic carbocycles. The van der Waals surface area contributed by atoms with Gasteiger partial charge in [-0.05, 0) is 36.8 Å². The molecule has 0 aromatic heterocycles. The number of rotatable bonds is 6. The van der Waals surface area contributed by atoms with Crippen molar-refractivity contribution in [3.63, 3.8) is 0 Å². The molecule has 0 aliphatic rings. The van der Waals surface area contributed by atoms with Crippen LogP contribution in [0.1, 0.15) is 5.56 Å². The zero-order valence-electron chi connectivity index (χ0n) is 13.0. The van der Waals surface area contributed by atoms with E-state index in [2.05, 4.69) is 5.32 Å². The molecule has 0 spiro atoms. The van der Waals surface area contributed by atoms with E-state index in [1.165, 1.54) is 25.3 Å². The Morgan fingerprint density at radius 1 is 1.25 bits per heavy atom. The summed E-state index contributed by atoms with van der Waals surface area (Å²) in [6.07, 6.45) is 0. The number of nitrogens with one attached hydrogen (secondary N) is 1. The Hall–Kier alpha value is -2.80. The average Bonchev–Trinajstić information content (AvgIpc) is 2.53. The lowest BCUT2D eigenvalue weighted by Crippen LogP contribution is -2.20. The highest BCUT2D eigenvalue weighted by molar-refractivity contribution is 6.31. The van der Waals surface area contributed by atoms with Crippen molar-refractivity contribution in [2.75, 3.05) is 19.0 Å². The highest BCUT2D eigenvalue weighted by Gasteiger charge is 2.12. The molecule has 126 valence electrons. The number of halogens is 1. The minimum absolute atomic E-state index is 0.0343. The van der Waals surface area contributed by atoms with Crippen LogP contribution in [-0.4, -0.2) is 24.5 Å². The Labute approximate surface area is 143 Å². The van der Waals surface area contributed by atoms with Gasteiger partial charge in [0, 0.05) is 17.2 Å². The maximum atomic E-state index is 12.0. The van der Waals surface area contributed by atoms with Crippen molar-refractivity contribution in [1.82, 2.24) is 0 Å². The third kappa shape index (κ3) is 4.36. The third-order valence-electron chi connectivity index (χ3n) is 3.16. The van der Waals surface area contributed by atoms with Crippen LogP contribution in [0.25, 0.3) is 0 Å². The van der Waals surface area contributed by atoms with Gasteiger partial charge in [0.05, 0.1) is 17.7 Å². The molecule has 7 nitrogen and oxygen atoms in total. The van der Waals surface area contributed by atoms with Gasteiger partial charge in [-0.1, -0.05) is 11.6 Å². The normalized spacial score (nSPS) is 10.1. The van der Waals surface area contributed by atoms with Gasteiger partial charge >= 0.3 is 0 Å². The van der Waals surface area contributed by atoms with Gasteiger partial charge in [0.2, 0.25) is 0 Å². The number of benzene rings is 2. The molecule has 0 radical (unpaired) electrons. The van der Waals surface area contributed by atoms with Crippen LogP contribution in [0, 0.1) is 17.0 Å². The summed E-state index contributed by atoms with van der Waals surface area (Å²) < 4.78 is 10.5. The number of carbonyl (C=O) groups is 1. The molecule has 0 bridgehead atoms. The number of aryl methyl sites for hydroxylation is 1. The van der Waals surface area contributed by atoms with Crippen LogP contribution in [0.2, 0.25) is 5.02 Å². The van der Waals surface area contributed by atoms with Gasteiger partial charge in [-0.15, -0.1) is 0 Å². The molecule has 0 aliphatic heterocycles. The lowest BCUT2D eigenvalue weighted by atomic mass is 10.2. The van der Waals surface area contributed by atoms with Crippen molar-refractivity contribution in [2.45, 2.75) is 6.92 Å². The molecule has 1 amide bonds. The predicted octanol–water partition coefficient (Wildman–Crippen LogP) is 3.58. The zero-order chi connectivity index (χ0) is 17.7. The van der Waals surface area contributed by atoms with Gasteiger partial charge in [0.25, 0.3) is 11.6 Å². The monoisotopic (exact) mass is 350 g/mol. The molecule has 24 heavy (non-hydrogen) atoms. The summed E-state index contributed by atoms with van der Waals surface area (Å²) in [4.78, 5) is 22.2. The van der Waals surface area contributed by atoms with Gasteiger partial charge in [-0.25, -0.2) is 0 Å². The first kappa shape index (κ1) is 17.6. The van der Waals surface area contributed by atoms with E-state index < -0.39 is 10.8 Å². The van der Waals surface area contributed by atoms with E-state index in [0.717, 1.165) is 0 Å². The number of nitrogens with zero attached hydrogens (tertiary/aromatic N) is 1. The molecule has 0 aliphatic carbocycles.